The molecule has 0 aliphatic carbocycles. The molecule has 5 nitrogen and oxygen atoms in total. The highest BCUT2D eigenvalue weighted by atomic mass is 16.7. The van der Waals surface area contributed by atoms with Gasteiger partial charge >= 0.3 is 0 Å². The topological polar surface area (TPSA) is 51.2 Å². The number of hydrogen-bond donors (Lipinski definition) is 1. The van der Waals surface area contributed by atoms with Crippen LogP contribution in [0.5, 0.6) is 17.2 Å². The van der Waals surface area contributed by atoms with Gasteiger partial charge in [-0.05, 0) is 71.6 Å². The Kier molecular flexibility index (Phi) is 8.45. The van der Waals surface area contributed by atoms with E-state index in [0.717, 1.165) is 53.4 Å². The van der Waals surface area contributed by atoms with Gasteiger partial charge in [-0.25, -0.2) is 0 Å². The van der Waals surface area contributed by atoms with Crippen molar-refractivity contribution in [3.63, 3.8) is 0 Å². The highest BCUT2D eigenvalue weighted by Gasteiger charge is 2.18. The SMILES string of the molecule is CC/C(=C(\c1ccccc1)c1ccc(OCC(O)CN(CC)CC)cc1)c1ccc2c(c1)OCO2. The summed E-state index contributed by atoms with van der Waals surface area (Å²) in [5, 5.41) is 10.3. The predicted octanol–water partition coefficient (Wildman–Crippen LogP) is 5.87. The number of nitrogens with zero attached hydrogens (tertiary/aromatic N) is 1. The van der Waals surface area contributed by atoms with Crippen LogP contribution in [0.2, 0.25) is 0 Å². The highest BCUT2D eigenvalue weighted by Crippen LogP contribution is 2.39. The van der Waals surface area contributed by atoms with Crippen LogP contribution in [0.4, 0.5) is 0 Å². The zero-order valence-corrected chi connectivity index (χ0v) is 20.9. The second-order valence-electron chi connectivity index (χ2n) is 8.62. The first kappa shape index (κ1) is 24.8. The molecule has 1 unspecified atom stereocenters. The van der Waals surface area contributed by atoms with E-state index in [2.05, 4.69) is 74.2 Å². The van der Waals surface area contributed by atoms with E-state index in [9.17, 15) is 5.11 Å². The van der Waals surface area contributed by atoms with E-state index in [-0.39, 0.29) is 13.4 Å². The van der Waals surface area contributed by atoms with Gasteiger partial charge in [0.25, 0.3) is 0 Å². The van der Waals surface area contributed by atoms with Crippen molar-refractivity contribution >= 4 is 11.1 Å². The van der Waals surface area contributed by atoms with Crippen LogP contribution < -0.4 is 14.2 Å². The van der Waals surface area contributed by atoms with Gasteiger partial charge in [-0.15, -0.1) is 0 Å². The normalized spacial score (nSPS) is 14.1. The van der Waals surface area contributed by atoms with Gasteiger partial charge in [-0.3, -0.25) is 0 Å². The molecule has 3 aromatic carbocycles. The van der Waals surface area contributed by atoms with Crippen LogP contribution in [0, 0.1) is 0 Å². The number of likely N-dealkylation sites (N-methyl/N-ethyl adjacent to an activating group) is 1. The summed E-state index contributed by atoms with van der Waals surface area (Å²) in [6.07, 6.45) is 0.340. The first-order valence-corrected chi connectivity index (χ1v) is 12.4. The third-order valence-electron chi connectivity index (χ3n) is 6.39. The number of allylic oxidation sites excluding steroid dienone is 1. The van der Waals surface area contributed by atoms with E-state index in [4.69, 9.17) is 14.2 Å². The molecule has 1 aliphatic heterocycles. The van der Waals surface area contributed by atoms with Crippen molar-refractivity contribution in [1.82, 2.24) is 4.90 Å². The maximum absolute atomic E-state index is 10.3. The minimum absolute atomic E-state index is 0.264. The number of rotatable bonds is 11. The van der Waals surface area contributed by atoms with Crippen LogP contribution in [-0.4, -0.2) is 49.1 Å². The molecule has 4 rings (SSSR count). The van der Waals surface area contributed by atoms with Crippen LogP contribution in [-0.2, 0) is 0 Å². The molecule has 0 radical (unpaired) electrons. The fraction of sp³-hybridized carbons (Fsp3) is 0.333. The molecule has 0 spiro atoms. The standard InChI is InChI=1S/C30H35NO4/c1-4-27(24-14-17-28-29(18-24)35-21-34-28)30(22-10-8-7-9-11-22)23-12-15-26(16-13-23)33-20-25(32)19-31(5-2)6-3/h7-18,25,32H,4-6,19-21H2,1-3H3/b30-27-. The molecule has 35 heavy (non-hydrogen) atoms. The summed E-state index contributed by atoms with van der Waals surface area (Å²) < 4.78 is 17.0. The lowest BCUT2D eigenvalue weighted by atomic mass is 9.88. The van der Waals surface area contributed by atoms with Crippen molar-refractivity contribution in [3.8, 4) is 17.2 Å². The highest BCUT2D eigenvalue weighted by molar-refractivity contribution is 5.98. The summed E-state index contributed by atoms with van der Waals surface area (Å²) in [7, 11) is 0. The minimum atomic E-state index is -0.521. The lowest BCUT2D eigenvalue weighted by molar-refractivity contribution is 0.0716. The summed E-state index contributed by atoms with van der Waals surface area (Å²) in [5.74, 6) is 2.32. The van der Waals surface area contributed by atoms with Gasteiger partial charge in [-0.1, -0.05) is 69.3 Å². The van der Waals surface area contributed by atoms with Crippen LogP contribution in [0.15, 0.2) is 72.8 Å². The molecule has 0 bridgehead atoms. The molecule has 1 aliphatic rings. The second kappa shape index (κ2) is 11.9. The number of fused-ring (bicyclic) bond motifs is 1. The molecule has 0 fully saturated rings. The lowest BCUT2D eigenvalue weighted by Gasteiger charge is -2.22. The van der Waals surface area contributed by atoms with E-state index >= 15 is 0 Å². The molecule has 0 amide bonds. The van der Waals surface area contributed by atoms with Crippen molar-refractivity contribution in [3.05, 3.63) is 89.5 Å². The molecule has 0 saturated heterocycles. The smallest absolute Gasteiger partial charge is 0.231 e. The Morgan fingerprint density at radius 1 is 0.857 bits per heavy atom. The zero-order chi connectivity index (χ0) is 24.6. The Balaban J connectivity index is 1.61. The number of hydrogen-bond acceptors (Lipinski definition) is 5. The number of benzene rings is 3. The van der Waals surface area contributed by atoms with E-state index in [0.29, 0.717) is 6.54 Å². The summed E-state index contributed by atoms with van der Waals surface area (Å²) in [6, 6.07) is 24.8. The molecule has 184 valence electrons. The zero-order valence-electron chi connectivity index (χ0n) is 20.9. The van der Waals surface area contributed by atoms with Crippen LogP contribution in [0.1, 0.15) is 43.9 Å². The van der Waals surface area contributed by atoms with E-state index in [1.165, 1.54) is 11.1 Å². The number of ether oxygens (including phenoxy) is 3. The van der Waals surface area contributed by atoms with E-state index in [1.54, 1.807) is 0 Å². The van der Waals surface area contributed by atoms with Crippen molar-refractivity contribution in [2.45, 2.75) is 33.3 Å². The number of aliphatic hydroxyl groups is 1. The third kappa shape index (κ3) is 6.05. The molecule has 0 aromatic heterocycles. The molecular formula is C30H35NO4. The Hall–Kier alpha value is -3.28. The summed E-state index contributed by atoms with van der Waals surface area (Å²) in [6.45, 7) is 9.36. The Morgan fingerprint density at radius 2 is 1.51 bits per heavy atom. The fourth-order valence-corrected chi connectivity index (χ4v) is 4.47. The van der Waals surface area contributed by atoms with Crippen LogP contribution in [0.25, 0.3) is 11.1 Å². The predicted molar refractivity (Wildman–Crippen MR) is 141 cm³/mol. The molecular weight excluding hydrogens is 438 g/mol. The first-order chi connectivity index (χ1) is 17.1. The first-order valence-electron chi connectivity index (χ1n) is 12.4. The summed E-state index contributed by atoms with van der Waals surface area (Å²) >= 11 is 0. The lowest BCUT2D eigenvalue weighted by Crippen LogP contribution is -2.35. The Bertz CT molecular complexity index is 1120. The van der Waals surface area contributed by atoms with Crippen molar-refractivity contribution in [2.24, 2.45) is 0 Å². The largest absolute Gasteiger partial charge is 0.491 e. The van der Waals surface area contributed by atoms with Gasteiger partial charge in [0.15, 0.2) is 11.5 Å². The van der Waals surface area contributed by atoms with Crippen LogP contribution >= 0.6 is 0 Å². The maximum atomic E-state index is 10.3. The van der Waals surface area contributed by atoms with Gasteiger partial charge in [-0.2, -0.15) is 0 Å². The van der Waals surface area contributed by atoms with Gasteiger partial charge in [0.1, 0.15) is 18.5 Å². The fourth-order valence-electron chi connectivity index (χ4n) is 4.47. The average molecular weight is 474 g/mol. The molecule has 1 N–H and O–H groups in total. The summed E-state index contributed by atoms with van der Waals surface area (Å²) in [5.41, 5.74) is 5.81. The van der Waals surface area contributed by atoms with Gasteiger partial charge in [0, 0.05) is 6.54 Å². The van der Waals surface area contributed by atoms with Gasteiger partial charge < -0.3 is 24.2 Å². The van der Waals surface area contributed by atoms with Crippen LogP contribution in [0.3, 0.4) is 0 Å². The second-order valence-corrected chi connectivity index (χ2v) is 8.62. The molecule has 5 heteroatoms. The van der Waals surface area contributed by atoms with Crippen molar-refractivity contribution in [1.29, 1.82) is 0 Å². The monoisotopic (exact) mass is 473 g/mol. The third-order valence-corrected chi connectivity index (χ3v) is 6.39. The average Bonchev–Trinajstić information content (AvgIpc) is 3.38. The maximum Gasteiger partial charge on any atom is 0.231 e. The molecule has 3 aromatic rings. The van der Waals surface area contributed by atoms with E-state index < -0.39 is 6.10 Å². The quantitative estimate of drug-likeness (QED) is 0.353. The summed E-state index contributed by atoms with van der Waals surface area (Å²) in [4.78, 5) is 2.19. The van der Waals surface area contributed by atoms with E-state index in [1.807, 2.05) is 24.3 Å². The molecule has 1 heterocycles. The number of aliphatic hydroxyl groups excluding tert-OH is 1. The van der Waals surface area contributed by atoms with Gasteiger partial charge in [0.2, 0.25) is 6.79 Å². The van der Waals surface area contributed by atoms with Crippen molar-refractivity contribution < 1.29 is 19.3 Å². The minimum Gasteiger partial charge on any atom is -0.491 e. The van der Waals surface area contributed by atoms with Crippen molar-refractivity contribution in [2.75, 3.05) is 33.0 Å². The molecule has 0 saturated carbocycles. The Morgan fingerprint density at radius 3 is 2.20 bits per heavy atom. The Labute approximate surface area is 208 Å². The molecule has 1 atom stereocenters. The van der Waals surface area contributed by atoms with Gasteiger partial charge in [0.05, 0.1) is 0 Å².